The van der Waals surface area contributed by atoms with Gasteiger partial charge in [0.2, 0.25) is 5.91 Å². The molecule has 0 unspecified atom stereocenters. The number of hydrogen-bond donors (Lipinski definition) is 0. The van der Waals surface area contributed by atoms with Crippen molar-refractivity contribution in [2.24, 2.45) is 0 Å². The quantitative estimate of drug-likeness (QED) is 0.642. The molecule has 0 aliphatic rings. The van der Waals surface area contributed by atoms with Gasteiger partial charge in [0, 0.05) is 11.6 Å². The Morgan fingerprint density at radius 1 is 1.90 bits per heavy atom. The Kier molecular flexibility index (Phi) is 2.70. The number of rotatable bonds is 3. The van der Waals surface area contributed by atoms with Gasteiger partial charge in [0.1, 0.15) is 4.34 Å². The summed E-state index contributed by atoms with van der Waals surface area (Å²) in [4.78, 5) is 14.1. The minimum Gasteiger partial charge on any atom is -0.272 e. The summed E-state index contributed by atoms with van der Waals surface area (Å²) in [5.41, 5.74) is 6.60. The summed E-state index contributed by atoms with van der Waals surface area (Å²) in [6.45, 7) is 0. The minimum atomic E-state index is -0.555. The molecule has 1 radical (unpaired) electrons. The van der Waals surface area contributed by atoms with E-state index in [1.54, 1.807) is 6.20 Å². The highest BCUT2D eigenvalue weighted by Gasteiger charge is 1.98. The molecule has 10 heavy (non-hydrogen) atoms. The van der Waals surface area contributed by atoms with Crippen molar-refractivity contribution in [1.29, 1.82) is 0 Å². The van der Waals surface area contributed by atoms with E-state index in [1.807, 2.05) is 5.38 Å². The number of aromatic nitrogens is 1. The molecule has 1 amide bonds. The summed E-state index contributed by atoms with van der Waals surface area (Å²) in [5.74, 6) is -0.353. The smallest absolute Gasteiger partial charge is 0.248 e. The van der Waals surface area contributed by atoms with E-state index in [2.05, 4.69) is 4.98 Å². The van der Waals surface area contributed by atoms with Gasteiger partial charge in [-0.05, 0) is 0 Å². The Balaban J connectivity index is 2.35. The third-order valence-electron chi connectivity index (χ3n) is 0.736. The average molecular weight is 173 g/mol. The van der Waals surface area contributed by atoms with Crippen LogP contribution in [0.5, 0.6) is 0 Å². The molecule has 0 saturated heterocycles. The Bertz CT molecular complexity index is 209. The molecule has 0 atom stereocenters. The normalized spacial score (nSPS) is 9.60. The lowest BCUT2D eigenvalue weighted by Gasteiger charge is -1.88. The van der Waals surface area contributed by atoms with Gasteiger partial charge in [-0.1, -0.05) is 11.8 Å². The molecule has 0 aliphatic carbocycles. The van der Waals surface area contributed by atoms with Gasteiger partial charge in [-0.15, -0.1) is 11.3 Å². The summed E-state index contributed by atoms with van der Waals surface area (Å²) < 4.78 is 0.848. The van der Waals surface area contributed by atoms with Crippen LogP contribution in [0.4, 0.5) is 0 Å². The molecule has 1 heterocycles. The number of hydrogen-bond acceptors (Lipinski definition) is 4. The molecular formula is C5H5N2OS2. The Hall–Kier alpha value is -0.550. The highest BCUT2D eigenvalue weighted by Crippen LogP contribution is 2.19. The average Bonchev–Trinajstić information content (AvgIpc) is 2.34. The zero-order chi connectivity index (χ0) is 7.40. The first-order chi connectivity index (χ1) is 4.79. The predicted molar refractivity (Wildman–Crippen MR) is 40.9 cm³/mol. The van der Waals surface area contributed by atoms with E-state index in [9.17, 15) is 4.79 Å². The maximum Gasteiger partial charge on any atom is 0.248 e. The zero-order valence-electron chi connectivity index (χ0n) is 5.03. The lowest BCUT2D eigenvalue weighted by atomic mass is 10.8. The first-order valence-corrected chi connectivity index (χ1v) is 4.42. The van der Waals surface area contributed by atoms with E-state index >= 15 is 0 Å². The van der Waals surface area contributed by atoms with Gasteiger partial charge in [0.05, 0.1) is 5.75 Å². The topological polar surface area (TPSA) is 53.8 Å². The van der Waals surface area contributed by atoms with Gasteiger partial charge in [0.25, 0.3) is 0 Å². The highest BCUT2D eigenvalue weighted by atomic mass is 32.2. The lowest BCUT2D eigenvalue weighted by molar-refractivity contribution is -0.116. The van der Waals surface area contributed by atoms with Crippen molar-refractivity contribution in [2.75, 3.05) is 5.75 Å². The van der Waals surface area contributed by atoms with Crippen LogP contribution in [-0.2, 0) is 4.79 Å². The molecule has 53 valence electrons. The van der Waals surface area contributed by atoms with Crippen molar-refractivity contribution in [3.05, 3.63) is 11.6 Å². The van der Waals surface area contributed by atoms with Crippen LogP contribution < -0.4 is 5.73 Å². The van der Waals surface area contributed by atoms with Crippen LogP contribution in [0.3, 0.4) is 0 Å². The number of thiazole rings is 1. The van der Waals surface area contributed by atoms with E-state index in [0.717, 1.165) is 4.34 Å². The molecule has 5 heteroatoms. The van der Waals surface area contributed by atoms with Gasteiger partial charge < -0.3 is 0 Å². The van der Waals surface area contributed by atoms with Crippen LogP contribution in [0.15, 0.2) is 15.9 Å². The minimum absolute atomic E-state index is 0.202. The molecule has 0 fully saturated rings. The standard InChI is InChI=1S/C5H5N2OS2/c6-4(8)3-10-5-7-1-2-9-5/h1-2,6H,3H2. The zero-order valence-corrected chi connectivity index (χ0v) is 6.67. The molecule has 0 spiro atoms. The molecular weight excluding hydrogens is 168 g/mol. The van der Waals surface area contributed by atoms with Crippen molar-refractivity contribution >= 4 is 29.0 Å². The molecule has 1 N–H and O–H groups in total. The first-order valence-electron chi connectivity index (χ1n) is 2.56. The van der Waals surface area contributed by atoms with E-state index in [1.165, 1.54) is 23.1 Å². The molecule has 1 rings (SSSR count). The maximum absolute atomic E-state index is 10.2. The van der Waals surface area contributed by atoms with Gasteiger partial charge >= 0.3 is 0 Å². The van der Waals surface area contributed by atoms with Crippen LogP contribution >= 0.6 is 23.1 Å². The van der Waals surface area contributed by atoms with Crippen molar-refractivity contribution in [3.63, 3.8) is 0 Å². The second kappa shape index (κ2) is 3.58. The Labute approximate surface area is 66.6 Å². The van der Waals surface area contributed by atoms with Gasteiger partial charge in [-0.25, -0.2) is 4.98 Å². The van der Waals surface area contributed by atoms with Crippen molar-refractivity contribution in [1.82, 2.24) is 10.7 Å². The lowest BCUT2D eigenvalue weighted by Crippen LogP contribution is -1.99. The molecule has 1 aromatic rings. The van der Waals surface area contributed by atoms with E-state index in [0.29, 0.717) is 0 Å². The van der Waals surface area contributed by atoms with Crippen LogP contribution in [-0.4, -0.2) is 16.6 Å². The fraction of sp³-hybridized carbons (Fsp3) is 0.200. The predicted octanol–water partition coefficient (Wildman–Crippen LogP) is 1.04. The molecule has 3 nitrogen and oxygen atoms in total. The van der Waals surface area contributed by atoms with Crippen LogP contribution in [0, 0.1) is 0 Å². The number of nitrogens with zero attached hydrogens (tertiary/aromatic N) is 1. The van der Waals surface area contributed by atoms with Crippen molar-refractivity contribution in [3.8, 4) is 0 Å². The summed E-state index contributed by atoms with van der Waals surface area (Å²) >= 11 is 2.79. The van der Waals surface area contributed by atoms with Gasteiger partial charge in [-0.3, -0.25) is 10.5 Å². The SMILES string of the molecule is [NH]C(=O)CSc1nccs1. The number of carbonyl (C=O) groups excluding carboxylic acids is 1. The van der Waals surface area contributed by atoms with Crippen molar-refractivity contribution < 1.29 is 4.79 Å². The van der Waals surface area contributed by atoms with Gasteiger partial charge in [-0.2, -0.15) is 0 Å². The fourth-order valence-electron chi connectivity index (χ4n) is 0.409. The van der Waals surface area contributed by atoms with Crippen LogP contribution in [0.1, 0.15) is 0 Å². The molecule has 0 aromatic carbocycles. The highest BCUT2D eigenvalue weighted by molar-refractivity contribution is 8.01. The van der Waals surface area contributed by atoms with E-state index in [-0.39, 0.29) is 5.75 Å². The largest absolute Gasteiger partial charge is 0.272 e. The summed E-state index contributed by atoms with van der Waals surface area (Å²) in [7, 11) is 0. The number of nitrogens with one attached hydrogen (secondary N) is 1. The van der Waals surface area contributed by atoms with Crippen LogP contribution in [0.2, 0.25) is 0 Å². The third-order valence-corrected chi connectivity index (χ3v) is 2.70. The summed E-state index contributed by atoms with van der Waals surface area (Å²) in [6, 6.07) is 0. The molecule has 0 bridgehead atoms. The molecule has 0 aliphatic heterocycles. The summed E-state index contributed by atoms with van der Waals surface area (Å²) in [5, 5.41) is 1.84. The number of carbonyl (C=O) groups is 1. The monoisotopic (exact) mass is 173 g/mol. The van der Waals surface area contributed by atoms with Gasteiger partial charge in [0.15, 0.2) is 0 Å². The number of thioether (sulfide) groups is 1. The summed E-state index contributed by atoms with van der Waals surface area (Å²) in [6.07, 6.45) is 1.68. The van der Waals surface area contributed by atoms with Crippen molar-refractivity contribution in [2.45, 2.75) is 4.34 Å². The van der Waals surface area contributed by atoms with Crippen LogP contribution in [0.25, 0.3) is 0 Å². The fourth-order valence-corrected chi connectivity index (χ4v) is 1.77. The molecule has 0 saturated carbocycles. The first kappa shape index (κ1) is 7.56. The van der Waals surface area contributed by atoms with E-state index < -0.39 is 5.91 Å². The second-order valence-corrected chi connectivity index (χ2v) is 3.63. The second-order valence-electron chi connectivity index (χ2n) is 1.51. The Morgan fingerprint density at radius 3 is 3.20 bits per heavy atom. The Morgan fingerprint density at radius 2 is 2.70 bits per heavy atom. The molecule has 1 aromatic heterocycles. The number of amides is 1. The maximum atomic E-state index is 10.2. The third kappa shape index (κ3) is 2.36. The van der Waals surface area contributed by atoms with E-state index in [4.69, 9.17) is 5.73 Å².